The number of aryl methyl sites for hydroxylation is 1. The number of aromatic nitrogens is 1. The van der Waals surface area contributed by atoms with Gasteiger partial charge in [0.05, 0.1) is 15.9 Å². The highest BCUT2D eigenvalue weighted by atomic mass is 32.1. The van der Waals surface area contributed by atoms with Crippen LogP contribution in [-0.4, -0.2) is 16.0 Å². The molecule has 1 amide bonds. The molecule has 0 aliphatic rings. The lowest BCUT2D eigenvalue weighted by Gasteiger charge is -2.05. The fraction of sp³-hybridized carbons (Fsp3) is 0.0588. The molecule has 3 aromatic rings. The summed E-state index contributed by atoms with van der Waals surface area (Å²) in [5, 5.41) is 13.2. The molecule has 0 saturated carbocycles. The Hall–Kier alpha value is -2.66. The smallest absolute Gasteiger partial charge is 0.248 e. The number of aromatic hydroxyl groups is 1. The van der Waals surface area contributed by atoms with Crippen LogP contribution in [0.15, 0.2) is 48.5 Å². The van der Waals surface area contributed by atoms with E-state index in [1.807, 2.05) is 37.3 Å². The number of phenolic OH excluding ortho intramolecular Hbond substituents is 1. The van der Waals surface area contributed by atoms with Crippen LogP contribution in [0.1, 0.15) is 10.6 Å². The molecule has 2 N–H and O–H groups in total. The van der Waals surface area contributed by atoms with Gasteiger partial charge in [-0.2, -0.15) is 0 Å². The van der Waals surface area contributed by atoms with Crippen LogP contribution in [-0.2, 0) is 4.79 Å². The summed E-state index contributed by atoms with van der Waals surface area (Å²) in [4.78, 5) is 16.3. The van der Waals surface area contributed by atoms with Gasteiger partial charge in [-0.3, -0.25) is 4.79 Å². The molecule has 0 bridgehead atoms. The predicted octanol–water partition coefficient (Wildman–Crippen LogP) is 3.96. The first-order valence-corrected chi connectivity index (χ1v) is 7.58. The first-order valence-electron chi connectivity index (χ1n) is 6.76. The van der Waals surface area contributed by atoms with E-state index in [9.17, 15) is 9.90 Å². The average Bonchev–Trinajstić information content (AvgIpc) is 2.91. The fourth-order valence-corrected chi connectivity index (χ4v) is 2.90. The SMILES string of the molecule is Cc1ccc(NC(=O)C=Cc2nc3ccccc3s2)c(O)c1. The average molecular weight is 310 g/mol. The van der Waals surface area contributed by atoms with Gasteiger partial charge in [0.2, 0.25) is 5.91 Å². The normalized spacial score (nSPS) is 11.1. The number of anilines is 1. The standard InChI is InChI=1S/C17H14N2O2S/c1-11-6-7-12(14(20)10-11)18-16(21)8-9-17-19-13-4-2-3-5-15(13)22-17/h2-10,20H,1H3,(H,18,21). The lowest BCUT2D eigenvalue weighted by Crippen LogP contribution is -2.07. The number of rotatable bonds is 3. The molecule has 5 heteroatoms. The number of amides is 1. The van der Waals surface area contributed by atoms with Crippen LogP contribution in [0.2, 0.25) is 0 Å². The third kappa shape index (κ3) is 3.15. The number of carbonyl (C=O) groups is 1. The van der Waals surface area contributed by atoms with Crippen LogP contribution >= 0.6 is 11.3 Å². The lowest BCUT2D eigenvalue weighted by atomic mass is 10.2. The van der Waals surface area contributed by atoms with Crippen LogP contribution in [0.5, 0.6) is 5.75 Å². The number of carbonyl (C=O) groups excluding carboxylic acids is 1. The monoisotopic (exact) mass is 310 g/mol. The number of hydrogen-bond donors (Lipinski definition) is 2. The number of fused-ring (bicyclic) bond motifs is 1. The van der Waals surface area contributed by atoms with Crippen molar-refractivity contribution in [1.82, 2.24) is 4.98 Å². The fourth-order valence-electron chi connectivity index (χ4n) is 2.03. The Morgan fingerprint density at radius 1 is 1.27 bits per heavy atom. The van der Waals surface area contributed by atoms with Crippen LogP contribution in [0.25, 0.3) is 16.3 Å². The van der Waals surface area contributed by atoms with Gasteiger partial charge < -0.3 is 10.4 Å². The van der Waals surface area contributed by atoms with E-state index in [1.165, 1.54) is 17.4 Å². The molecule has 3 rings (SSSR count). The van der Waals surface area contributed by atoms with Crippen molar-refractivity contribution in [3.63, 3.8) is 0 Å². The van der Waals surface area contributed by atoms with Gasteiger partial charge >= 0.3 is 0 Å². The second-order valence-corrected chi connectivity index (χ2v) is 5.93. The van der Waals surface area contributed by atoms with Gasteiger partial charge in [-0.15, -0.1) is 11.3 Å². The maximum absolute atomic E-state index is 11.9. The molecule has 0 unspecified atom stereocenters. The number of thiazole rings is 1. The van der Waals surface area contributed by atoms with Gasteiger partial charge in [-0.05, 0) is 42.8 Å². The van der Waals surface area contributed by atoms with Gasteiger partial charge in [-0.1, -0.05) is 18.2 Å². The van der Waals surface area contributed by atoms with Crippen molar-refractivity contribution in [1.29, 1.82) is 0 Å². The van der Waals surface area contributed by atoms with E-state index in [2.05, 4.69) is 10.3 Å². The topological polar surface area (TPSA) is 62.2 Å². The molecule has 110 valence electrons. The first-order chi connectivity index (χ1) is 10.6. The van der Waals surface area contributed by atoms with Gasteiger partial charge in [0, 0.05) is 6.08 Å². The number of hydrogen-bond acceptors (Lipinski definition) is 4. The molecule has 0 aliphatic carbocycles. The van der Waals surface area contributed by atoms with Crippen LogP contribution in [0, 0.1) is 6.92 Å². The summed E-state index contributed by atoms with van der Waals surface area (Å²) in [6, 6.07) is 12.9. The molecule has 0 radical (unpaired) electrons. The lowest BCUT2D eigenvalue weighted by molar-refractivity contribution is -0.111. The predicted molar refractivity (Wildman–Crippen MR) is 90.1 cm³/mol. The third-order valence-electron chi connectivity index (χ3n) is 3.10. The summed E-state index contributed by atoms with van der Waals surface area (Å²) in [5.41, 5.74) is 2.24. The molecule has 1 heterocycles. The quantitative estimate of drug-likeness (QED) is 0.568. The van der Waals surface area contributed by atoms with Crippen LogP contribution < -0.4 is 5.32 Å². The van der Waals surface area contributed by atoms with Crippen molar-refractivity contribution in [2.24, 2.45) is 0 Å². The van der Waals surface area contributed by atoms with E-state index in [1.54, 1.807) is 18.2 Å². The minimum Gasteiger partial charge on any atom is -0.506 e. The highest BCUT2D eigenvalue weighted by Gasteiger charge is 2.05. The Labute approximate surface area is 131 Å². The maximum atomic E-state index is 11.9. The van der Waals surface area contributed by atoms with Crippen molar-refractivity contribution < 1.29 is 9.90 Å². The molecular formula is C17H14N2O2S. The Kier molecular flexibility index (Phi) is 3.89. The molecule has 22 heavy (non-hydrogen) atoms. The minimum absolute atomic E-state index is 0.0572. The summed E-state index contributed by atoms with van der Waals surface area (Å²) in [6.45, 7) is 1.87. The highest BCUT2D eigenvalue weighted by Crippen LogP contribution is 2.24. The number of para-hydroxylation sites is 1. The largest absolute Gasteiger partial charge is 0.506 e. The molecule has 4 nitrogen and oxygen atoms in total. The van der Waals surface area contributed by atoms with E-state index in [0.29, 0.717) is 5.69 Å². The minimum atomic E-state index is -0.307. The van der Waals surface area contributed by atoms with E-state index in [-0.39, 0.29) is 11.7 Å². The van der Waals surface area contributed by atoms with E-state index in [4.69, 9.17) is 0 Å². The van der Waals surface area contributed by atoms with Crippen molar-refractivity contribution in [2.45, 2.75) is 6.92 Å². The molecule has 0 atom stereocenters. The summed E-state index contributed by atoms with van der Waals surface area (Å²) in [6.07, 6.45) is 3.09. The first kappa shape index (κ1) is 14.3. The third-order valence-corrected chi connectivity index (χ3v) is 4.10. The van der Waals surface area contributed by atoms with Crippen molar-refractivity contribution >= 4 is 39.2 Å². The number of nitrogens with one attached hydrogen (secondary N) is 1. The number of benzene rings is 2. The van der Waals surface area contributed by atoms with Crippen molar-refractivity contribution in [3.8, 4) is 5.75 Å². The van der Waals surface area contributed by atoms with E-state index < -0.39 is 0 Å². The second-order valence-electron chi connectivity index (χ2n) is 4.86. The molecular weight excluding hydrogens is 296 g/mol. The second kappa shape index (κ2) is 5.99. The molecule has 0 fully saturated rings. The summed E-state index contributed by atoms with van der Waals surface area (Å²) in [7, 11) is 0. The number of phenols is 1. The maximum Gasteiger partial charge on any atom is 0.248 e. The summed E-state index contributed by atoms with van der Waals surface area (Å²) in [5.74, 6) is -0.250. The molecule has 0 aliphatic heterocycles. The zero-order valence-electron chi connectivity index (χ0n) is 11.9. The van der Waals surface area contributed by atoms with E-state index in [0.717, 1.165) is 20.8 Å². The van der Waals surface area contributed by atoms with Gasteiger partial charge in [0.15, 0.2) is 0 Å². The Balaban J connectivity index is 1.73. The van der Waals surface area contributed by atoms with Crippen LogP contribution in [0.3, 0.4) is 0 Å². The Morgan fingerprint density at radius 3 is 2.86 bits per heavy atom. The van der Waals surface area contributed by atoms with Gasteiger partial charge in [0.1, 0.15) is 10.8 Å². The Bertz CT molecular complexity index is 835. The van der Waals surface area contributed by atoms with Gasteiger partial charge in [-0.25, -0.2) is 4.98 Å². The van der Waals surface area contributed by atoms with E-state index >= 15 is 0 Å². The molecule has 1 aromatic heterocycles. The number of nitrogens with zero attached hydrogens (tertiary/aromatic N) is 1. The van der Waals surface area contributed by atoms with Crippen LogP contribution in [0.4, 0.5) is 5.69 Å². The molecule has 0 spiro atoms. The summed E-state index contributed by atoms with van der Waals surface area (Å²) >= 11 is 1.52. The summed E-state index contributed by atoms with van der Waals surface area (Å²) < 4.78 is 1.08. The zero-order chi connectivity index (χ0) is 15.5. The highest BCUT2D eigenvalue weighted by molar-refractivity contribution is 7.19. The Morgan fingerprint density at radius 2 is 2.09 bits per heavy atom. The molecule has 2 aromatic carbocycles. The molecule has 0 saturated heterocycles. The zero-order valence-corrected chi connectivity index (χ0v) is 12.7. The van der Waals surface area contributed by atoms with Crippen molar-refractivity contribution in [3.05, 3.63) is 59.1 Å². The van der Waals surface area contributed by atoms with Gasteiger partial charge in [0.25, 0.3) is 0 Å². The van der Waals surface area contributed by atoms with Crippen molar-refractivity contribution in [2.75, 3.05) is 5.32 Å².